The first-order valence-electron chi connectivity index (χ1n) is 11.9. The molecule has 0 aliphatic carbocycles. The normalized spacial score (nSPS) is 16.6. The number of aliphatic hydroxyl groups is 1. The molecule has 0 spiro atoms. The van der Waals surface area contributed by atoms with Gasteiger partial charge in [0, 0.05) is 12.1 Å². The average Bonchev–Trinajstić information content (AvgIpc) is 3.17. The van der Waals surface area contributed by atoms with E-state index in [1.54, 1.807) is 54.6 Å². The molecule has 192 valence electrons. The predicted octanol–water partition coefficient (Wildman–Crippen LogP) is 4.91. The quantitative estimate of drug-likeness (QED) is 0.253. The Hall–Kier alpha value is -4.33. The number of likely N-dealkylation sites (tertiary alicyclic amines) is 1. The number of aliphatic hydroxyl groups excluding tert-OH is 1. The summed E-state index contributed by atoms with van der Waals surface area (Å²) in [6.45, 7) is 2.53. The minimum atomic E-state index is -0.869. The van der Waals surface area contributed by atoms with Gasteiger partial charge in [-0.15, -0.1) is 0 Å². The fourth-order valence-electron chi connectivity index (χ4n) is 4.41. The van der Waals surface area contributed by atoms with Gasteiger partial charge >= 0.3 is 0 Å². The molecular formula is C29H28FNO6. The van der Waals surface area contributed by atoms with Crippen molar-refractivity contribution in [1.82, 2.24) is 4.90 Å². The maximum atomic E-state index is 13.4. The van der Waals surface area contributed by atoms with E-state index in [1.807, 2.05) is 6.92 Å². The van der Waals surface area contributed by atoms with Gasteiger partial charge in [-0.2, -0.15) is 0 Å². The summed E-state index contributed by atoms with van der Waals surface area (Å²) in [5.74, 6) is -0.628. The van der Waals surface area contributed by atoms with Gasteiger partial charge in [-0.1, -0.05) is 18.2 Å². The summed E-state index contributed by atoms with van der Waals surface area (Å²) >= 11 is 0. The number of nitrogens with zero attached hydrogens (tertiary/aromatic N) is 1. The van der Waals surface area contributed by atoms with Crippen LogP contribution in [0.2, 0.25) is 0 Å². The summed E-state index contributed by atoms with van der Waals surface area (Å²) in [5.41, 5.74) is 1.73. The van der Waals surface area contributed by atoms with Crippen molar-refractivity contribution in [3.63, 3.8) is 0 Å². The Balaban J connectivity index is 1.79. The third-order valence-corrected chi connectivity index (χ3v) is 6.26. The molecule has 1 N–H and O–H groups in total. The second-order valence-corrected chi connectivity index (χ2v) is 8.44. The van der Waals surface area contributed by atoms with Gasteiger partial charge in [0.15, 0.2) is 11.5 Å². The lowest BCUT2D eigenvalue weighted by molar-refractivity contribution is -0.139. The average molecular weight is 506 g/mol. The predicted molar refractivity (Wildman–Crippen MR) is 136 cm³/mol. The molecule has 1 amide bonds. The molecule has 8 heteroatoms. The summed E-state index contributed by atoms with van der Waals surface area (Å²) < 4.78 is 29.6. The molecule has 3 aromatic carbocycles. The van der Waals surface area contributed by atoms with Crippen LogP contribution in [-0.4, -0.2) is 49.1 Å². The smallest absolute Gasteiger partial charge is 0.295 e. The van der Waals surface area contributed by atoms with Crippen LogP contribution in [0.1, 0.15) is 29.7 Å². The maximum Gasteiger partial charge on any atom is 0.295 e. The molecule has 0 aromatic heterocycles. The fourth-order valence-corrected chi connectivity index (χ4v) is 4.41. The third kappa shape index (κ3) is 5.28. The van der Waals surface area contributed by atoms with Crippen LogP contribution in [-0.2, 0) is 16.0 Å². The molecule has 0 bridgehead atoms. The summed E-state index contributed by atoms with van der Waals surface area (Å²) in [6, 6.07) is 16.9. The van der Waals surface area contributed by atoms with Crippen LogP contribution in [0, 0.1) is 5.82 Å². The number of rotatable bonds is 9. The van der Waals surface area contributed by atoms with Crippen molar-refractivity contribution in [2.24, 2.45) is 0 Å². The monoisotopic (exact) mass is 505 g/mol. The fraction of sp³-hybridized carbons (Fsp3) is 0.241. The van der Waals surface area contributed by atoms with Crippen LogP contribution in [0.25, 0.3) is 5.76 Å². The summed E-state index contributed by atoms with van der Waals surface area (Å²) in [5, 5.41) is 11.3. The van der Waals surface area contributed by atoms with Gasteiger partial charge in [0.2, 0.25) is 0 Å². The van der Waals surface area contributed by atoms with Crippen LogP contribution >= 0.6 is 0 Å². The first kappa shape index (κ1) is 25.8. The van der Waals surface area contributed by atoms with Gasteiger partial charge in [-0.25, -0.2) is 4.39 Å². The number of hydrogen-bond acceptors (Lipinski definition) is 6. The largest absolute Gasteiger partial charge is 0.507 e. The molecule has 37 heavy (non-hydrogen) atoms. The van der Waals surface area contributed by atoms with Gasteiger partial charge in [0.05, 0.1) is 32.4 Å². The van der Waals surface area contributed by atoms with E-state index in [-0.39, 0.29) is 23.7 Å². The molecule has 1 heterocycles. The minimum absolute atomic E-state index is 0.0273. The zero-order valence-electron chi connectivity index (χ0n) is 20.9. The van der Waals surface area contributed by atoms with Gasteiger partial charge < -0.3 is 24.2 Å². The number of halogens is 1. The molecule has 0 saturated carbocycles. The molecule has 3 aromatic rings. The molecule has 1 saturated heterocycles. The molecule has 1 fully saturated rings. The highest BCUT2D eigenvalue weighted by Crippen LogP contribution is 2.42. The zero-order chi connectivity index (χ0) is 26.5. The van der Waals surface area contributed by atoms with Crippen molar-refractivity contribution in [2.45, 2.75) is 19.4 Å². The number of Topliss-reactive ketones (excluding diaryl/α,β-unsaturated/α-hetero) is 1. The van der Waals surface area contributed by atoms with E-state index >= 15 is 0 Å². The van der Waals surface area contributed by atoms with E-state index in [0.29, 0.717) is 41.4 Å². The summed E-state index contributed by atoms with van der Waals surface area (Å²) in [6.07, 6.45) is 0.389. The molecular weight excluding hydrogens is 477 g/mol. The molecule has 1 unspecified atom stereocenters. The summed E-state index contributed by atoms with van der Waals surface area (Å²) in [7, 11) is 3.01. The van der Waals surface area contributed by atoms with Crippen LogP contribution in [0.3, 0.4) is 0 Å². The van der Waals surface area contributed by atoms with Crippen LogP contribution in [0.4, 0.5) is 4.39 Å². The molecule has 4 rings (SSSR count). The van der Waals surface area contributed by atoms with Crippen LogP contribution in [0.5, 0.6) is 17.2 Å². The van der Waals surface area contributed by atoms with Crippen LogP contribution < -0.4 is 14.2 Å². The standard InChI is InChI=1S/C29H28FNO6/c1-4-37-22-12-7-19(8-13-22)27(32)25-26(20-9-14-23(35-2)24(17-20)36-3)31(29(34)28(25)33)16-15-18-5-10-21(30)11-6-18/h5-14,17,26,32H,4,15-16H2,1-3H3/b27-25-. The second-order valence-electron chi connectivity index (χ2n) is 8.44. The SMILES string of the molecule is CCOc1ccc(/C(O)=C2/C(=O)C(=O)N(CCc3ccc(F)cc3)C2c2ccc(OC)c(OC)c2)cc1. The highest BCUT2D eigenvalue weighted by molar-refractivity contribution is 6.46. The van der Waals surface area contributed by atoms with E-state index in [0.717, 1.165) is 5.56 Å². The Morgan fingerprint density at radius 2 is 1.62 bits per heavy atom. The molecule has 1 aliphatic heterocycles. The Morgan fingerprint density at radius 1 is 0.946 bits per heavy atom. The van der Waals surface area contributed by atoms with E-state index in [9.17, 15) is 19.1 Å². The Morgan fingerprint density at radius 3 is 2.24 bits per heavy atom. The number of hydrogen-bond donors (Lipinski definition) is 1. The van der Waals surface area contributed by atoms with Gasteiger partial charge in [-0.3, -0.25) is 9.59 Å². The van der Waals surface area contributed by atoms with Crippen molar-refractivity contribution < 1.29 is 33.3 Å². The highest BCUT2D eigenvalue weighted by atomic mass is 19.1. The number of amides is 1. The molecule has 1 atom stereocenters. The number of ketones is 1. The van der Waals surface area contributed by atoms with E-state index in [4.69, 9.17) is 14.2 Å². The van der Waals surface area contributed by atoms with Gasteiger partial charge in [0.25, 0.3) is 11.7 Å². The number of carbonyl (C=O) groups is 2. The number of methoxy groups -OCH3 is 2. The van der Waals surface area contributed by atoms with Crippen molar-refractivity contribution >= 4 is 17.4 Å². The summed E-state index contributed by atoms with van der Waals surface area (Å²) in [4.78, 5) is 27.9. The lowest BCUT2D eigenvalue weighted by Gasteiger charge is -2.26. The van der Waals surface area contributed by atoms with Crippen molar-refractivity contribution in [2.75, 3.05) is 27.4 Å². The Labute approximate surface area is 214 Å². The Kier molecular flexibility index (Phi) is 7.77. The Bertz CT molecular complexity index is 1320. The third-order valence-electron chi connectivity index (χ3n) is 6.26. The van der Waals surface area contributed by atoms with Crippen LogP contribution in [0.15, 0.2) is 72.3 Å². The number of ether oxygens (including phenoxy) is 3. The van der Waals surface area contributed by atoms with Crippen molar-refractivity contribution in [3.05, 3.63) is 94.8 Å². The first-order valence-corrected chi connectivity index (χ1v) is 11.9. The zero-order valence-corrected chi connectivity index (χ0v) is 20.9. The minimum Gasteiger partial charge on any atom is -0.507 e. The van der Waals surface area contributed by atoms with Gasteiger partial charge in [-0.05, 0) is 73.0 Å². The topological polar surface area (TPSA) is 85.3 Å². The number of benzene rings is 3. The van der Waals surface area contributed by atoms with E-state index in [1.165, 1.54) is 31.3 Å². The van der Waals surface area contributed by atoms with Gasteiger partial charge in [0.1, 0.15) is 17.3 Å². The lowest BCUT2D eigenvalue weighted by atomic mass is 9.94. The van der Waals surface area contributed by atoms with E-state index in [2.05, 4.69) is 0 Å². The molecule has 1 aliphatic rings. The maximum absolute atomic E-state index is 13.4. The highest BCUT2D eigenvalue weighted by Gasteiger charge is 2.46. The lowest BCUT2D eigenvalue weighted by Crippen LogP contribution is -2.31. The molecule has 7 nitrogen and oxygen atoms in total. The second kappa shape index (κ2) is 11.2. The van der Waals surface area contributed by atoms with E-state index < -0.39 is 17.7 Å². The first-order chi connectivity index (χ1) is 17.9. The molecule has 0 radical (unpaired) electrons. The van der Waals surface area contributed by atoms with Crippen molar-refractivity contribution in [1.29, 1.82) is 0 Å². The number of carbonyl (C=O) groups excluding carboxylic acids is 2. The van der Waals surface area contributed by atoms with Crippen molar-refractivity contribution in [3.8, 4) is 17.2 Å².